The van der Waals surface area contributed by atoms with E-state index >= 15 is 0 Å². The van der Waals surface area contributed by atoms with Crippen molar-refractivity contribution in [3.63, 3.8) is 0 Å². The standard InChI is InChI=1S/C30H43ClN2O4/c1-6-35-19-25(20-36-7-2)37-29-14-12-26(21(3)22(29)4)28-10-8-9-24-18-32(15-16-33(24)28)23-11-13-27(31)30(17-23)34-5/h11-14,17,24-25,28H,6-10,15-16,18-20H2,1-5H3/t24-,28+/m0/s1. The molecular weight excluding hydrogens is 488 g/mol. The van der Waals surface area contributed by atoms with Gasteiger partial charge >= 0.3 is 0 Å². The maximum absolute atomic E-state index is 6.38. The molecule has 0 bridgehead atoms. The predicted octanol–water partition coefficient (Wildman–Crippen LogP) is 6.20. The van der Waals surface area contributed by atoms with Gasteiger partial charge in [-0.1, -0.05) is 17.7 Å². The van der Waals surface area contributed by atoms with Crippen LogP contribution in [0.25, 0.3) is 0 Å². The fraction of sp³-hybridized carbons (Fsp3) is 0.600. The van der Waals surface area contributed by atoms with Gasteiger partial charge in [-0.3, -0.25) is 4.90 Å². The molecular formula is C30H43ClN2O4. The number of hydrogen-bond acceptors (Lipinski definition) is 6. The summed E-state index contributed by atoms with van der Waals surface area (Å²) in [6.45, 7) is 13.9. The Hall–Kier alpha value is -1.99. The second-order valence-electron chi connectivity index (χ2n) is 10.1. The van der Waals surface area contributed by atoms with Crippen molar-refractivity contribution < 1.29 is 18.9 Å². The lowest BCUT2D eigenvalue weighted by molar-refractivity contribution is -0.000589. The van der Waals surface area contributed by atoms with Gasteiger partial charge in [-0.2, -0.15) is 0 Å². The van der Waals surface area contributed by atoms with E-state index in [-0.39, 0.29) is 6.10 Å². The molecule has 2 atom stereocenters. The zero-order valence-corrected chi connectivity index (χ0v) is 23.9. The highest BCUT2D eigenvalue weighted by molar-refractivity contribution is 6.32. The molecule has 0 radical (unpaired) electrons. The average Bonchev–Trinajstić information content (AvgIpc) is 2.92. The van der Waals surface area contributed by atoms with Crippen molar-refractivity contribution in [1.82, 2.24) is 4.90 Å². The summed E-state index contributed by atoms with van der Waals surface area (Å²) < 4.78 is 23.1. The van der Waals surface area contributed by atoms with Gasteiger partial charge in [0.25, 0.3) is 0 Å². The van der Waals surface area contributed by atoms with Crippen LogP contribution in [-0.2, 0) is 9.47 Å². The molecule has 2 fully saturated rings. The Bertz CT molecular complexity index is 1020. The van der Waals surface area contributed by atoms with E-state index in [0.717, 1.165) is 31.1 Å². The lowest BCUT2D eigenvalue weighted by atomic mass is 9.86. The van der Waals surface area contributed by atoms with Gasteiger partial charge in [-0.15, -0.1) is 0 Å². The molecule has 2 aromatic rings. The van der Waals surface area contributed by atoms with Crippen LogP contribution < -0.4 is 14.4 Å². The van der Waals surface area contributed by atoms with Crippen molar-refractivity contribution in [2.24, 2.45) is 0 Å². The second-order valence-corrected chi connectivity index (χ2v) is 10.5. The molecule has 0 aliphatic carbocycles. The van der Waals surface area contributed by atoms with Gasteiger partial charge in [0.1, 0.15) is 17.6 Å². The Labute approximate surface area is 227 Å². The van der Waals surface area contributed by atoms with Crippen LogP contribution in [-0.4, -0.2) is 70.2 Å². The van der Waals surface area contributed by atoms with Crippen LogP contribution in [0.5, 0.6) is 11.5 Å². The third kappa shape index (κ3) is 6.54. The Balaban J connectivity index is 1.48. The summed E-state index contributed by atoms with van der Waals surface area (Å²) in [5, 5.41) is 0.656. The van der Waals surface area contributed by atoms with E-state index in [0.29, 0.717) is 43.5 Å². The normalized spacial score (nSPS) is 20.2. The first-order valence-electron chi connectivity index (χ1n) is 13.7. The summed E-state index contributed by atoms with van der Waals surface area (Å²) in [6.07, 6.45) is 3.56. The average molecular weight is 531 g/mol. The molecule has 0 N–H and O–H groups in total. The predicted molar refractivity (Wildman–Crippen MR) is 151 cm³/mol. The summed E-state index contributed by atoms with van der Waals surface area (Å²) in [4.78, 5) is 5.22. The molecule has 4 rings (SSSR count). The minimum Gasteiger partial charge on any atom is -0.495 e. The second kappa shape index (κ2) is 13.2. The summed E-state index contributed by atoms with van der Waals surface area (Å²) in [5.74, 6) is 1.67. The lowest BCUT2D eigenvalue weighted by Crippen LogP contribution is -2.56. The molecule has 0 saturated carbocycles. The topological polar surface area (TPSA) is 43.4 Å². The number of ether oxygens (including phenoxy) is 4. The van der Waals surface area contributed by atoms with Gasteiger partial charge in [0.05, 0.1) is 25.3 Å². The van der Waals surface area contributed by atoms with Crippen LogP contribution in [0.15, 0.2) is 30.3 Å². The highest BCUT2D eigenvalue weighted by Gasteiger charge is 2.36. The summed E-state index contributed by atoms with van der Waals surface area (Å²) >= 11 is 6.27. The lowest BCUT2D eigenvalue weighted by Gasteiger charge is -2.49. The van der Waals surface area contributed by atoms with Crippen molar-refractivity contribution in [2.75, 3.05) is 58.1 Å². The van der Waals surface area contributed by atoms with E-state index in [4.69, 9.17) is 30.5 Å². The van der Waals surface area contributed by atoms with Crippen molar-refractivity contribution >= 4 is 17.3 Å². The molecule has 0 amide bonds. The first kappa shape index (κ1) is 28.0. The maximum Gasteiger partial charge on any atom is 0.145 e. The first-order valence-corrected chi connectivity index (χ1v) is 14.1. The zero-order valence-electron chi connectivity index (χ0n) is 23.1. The number of methoxy groups -OCH3 is 1. The quantitative estimate of drug-likeness (QED) is 0.344. The molecule has 2 aliphatic heterocycles. The van der Waals surface area contributed by atoms with Gasteiger partial charge in [-0.05, 0) is 81.8 Å². The summed E-state index contributed by atoms with van der Waals surface area (Å²) in [6, 6.07) is 11.5. The highest BCUT2D eigenvalue weighted by Crippen LogP contribution is 2.40. The van der Waals surface area contributed by atoms with Gasteiger partial charge in [-0.25, -0.2) is 0 Å². The number of piperazine rings is 1. The van der Waals surface area contributed by atoms with Crippen LogP contribution in [0.2, 0.25) is 5.02 Å². The third-order valence-electron chi connectivity index (χ3n) is 7.89. The van der Waals surface area contributed by atoms with Gasteiger partial charge in [0.15, 0.2) is 0 Å². The fourth-order valence-corrected chi connectivity index (χ4v) is 5.96. The minimum absolute atomic E-state index is 0.109. The molecule has 0 aromatic heterocycles. The molecule has 2 aliphatic rings. The molecule has 2 saturated heterocycles. The monoisotopic (exact) mass is 530 g/mol. The summed E-state index contributed by atoms with van der Waals surface area (Å²) in [7, 11) is 1.67. The zero-order chi connectivity index (χ0) is 26.4. The Morgan fingerprint density at radius 1 is 0.946 bits per heavy atom. The smallest absolute Gasteiger partial charge is 0.145 e. The number of hydrogen-bond donors (Lipinski definition) is 0. The molecule has 7 heteroatoms. The number of fused-ring (bicyclic) bond motifs is 1. The van der Waals surface area contributed by atoms with E-state index in [1.165, 1.54) is 41.6 Å². The Morgan fingerprint density at radius 2 is 1.70 bits per heavy atom. The number of halogens is 1. The Kier molecular flexibility index (Phi) is 9.99. The Morgan fingerprint density at radius 3 is 2.41 bits per heavy atom. The van der Waals surface area contributed by atoms with E-state index in [1.807, 2.05) is 19.9 Å². The van der Waals surface area contributed by atoms with Gasteiger partial charge in [0, 0.05) is 56.7 Å². The van der Waals surface area contributed by atoms with Crippen molar-refractivity contribution in [2.45, 2.75) is 65.1 Å². The van der Waals surface area contributed by atoms with E-state index in [2.05, 4.69) is 47.9 Å². The molecule has 204 valence electrons. The van der Waals surface area contributed by atoms with E-state index < -0.39 is 0 Å². The van der Waals surface area contributed by atoms with E-state index in [1.54, 1.807) is 7.11 Å². The van der Waals surface area contributed by atoms with E-state index in [9.17, 15) is 0 Å². The largest absolute Gasteiger partial charge is 0.495 e. The third-order valence-corrected chi connectivity index (χ3v) is 8.20. The number of rotatable bonds is 11. The van der Waals surface area contributed by atoms with Gasteiger partial charge in [0.2, 0.25) is 0 Å². The van der Waals surface area contributed by atoms with Gasteiger partial charge < -0.3 is 23.8 Å². The summed E-state index contributed by atoms with van der Waals surface area (Å²) in [5.41, 5.74) is 5.16. The molecule has 6 nitrogen and oxygen atoms in total. The van der Waals surface area contributed by atoms with Crippen LogP contribution in [0.1, 0.15) is 55.8 Å². The number of nitrogens with zero attached hydrogens (tertiary/aromatic N) is 2. The SMILES string of the molecule is CCOCC(COCC)Oc1ccc([C@H]2CCC[C@H]3CN(c4ccc(Cl)c(OC)c4)CCN32)c(C)c1C. The molecule has 2 aromatic carbocycles. The number of anilines is 1. The minimum atomic E-state index is -0.109. The van der Waals surface area contributed by atoms with Crippen molar-refractivity contribution in [1.29, 1.82) is 0 Å². The molecule has 0 spiro atoms. The molecule has 2 heterocycles. The van der Waals surface area contributed by atoms with Crippen LogP contribution in [0.3, 0.4) is 0 Å². The highest BCUT2D eigenvalue weighted by atomic mass is 35.5. The maximum atomic E-state index is 6.38. The van der Waals surface area contributed by atoms with Crippen LogP contribution in [0.4, 0.5) is 5.69 Å². The number of benzene rings is 2. The fourth-order valence-electron chi connectivity index (χ4n) is 5.76. The van der Waals surface area contributed by atoms with Crippen LogP contribution >= 0.6 is 11.6 Å². The number of piperidine rings is 1. The van der Waals surface area contributed by atoms with Crippen molar-refractivity contribution in [3.8, 4) is 11.5 Å². The van der Waals surface area contributed by atoms with Crippen LogP contribution in [0, 0.1) is 13.8 Å². The molecule has 0 unspecified atom stereocenters. The molecule has 37 heavy (non-hydrogen) atoms. The first-order chi connectivity index (χ1) is 18.0. The van der Waals surface area contributed by atoms with Crippen molar-refractivity contribution in [3.05, 3.63) is 52.0 Å².